The summed E-state index contributed by atoms with van der Waals surface area (Å²) in [6.07, 6.45) is -2.82. The van der Waals surface area contributed by atoms with Gasteiger partial charge in [0.1, 0.15) is 0 Å². The van der Waals surface area contributed by atoms with Crippen molar-refractivity contribution in [2.45, 2.75) is 52.4 Å². The summed E-state index contributed by atoms with van der Waals surface area (Å²) in [6, 6.07) is 5.62. The first kappa shape index (κ1) is 19.8. The van der Waals surface area contributed by atoms with Crippen LogP contribution in [-0.4, -0.2) is 29.9 Å². The van der Waals surface area contributed by atoms with Gasteiger partial charge in [-0.05, 0) is 50.4 Å². The Labute approximate surface area is 147 Å². The molecule has 1 fully saturated rings. The van der Waals surface area contributed by atoms with E-state index < -0.39 is 11.7 Å². The van der Waals surface area contributed by atoms with E-state index in [2.05, 4.69) is 24.1 Å². The molecule has 0 bridgehead atoms. The van der Waals surface area contributed by atoms with Crippen molar-refractivity contribution in [3.05, 3.63) is 35.4 Å². The van der Waals surface area contributed by atoms with Crippen molar-refractivity contribution in [3.8, 4) is 0 Å². The van der Waals surface area contributed by atoms with Crippen LogP contribution in [0.5, 0.6) is 0 Å². The van der Waals surface area contributed by atoms with E-state index in [0.717, 1.165) is 32.0 Å². The van der Waals surface area contributed by atoms with Crippen LogP contribution in [0.2, 0.25) is 0 Å². The molecule has 140 valence electrons. The Kier molecular flexibility index (Phi) is 6.49. The first-order chi connectivity index (χ1) is 11.7. The maximum absolute atomic E-state index is 12.8. The second kappa shape index (κ2) is 8.21. The van der Waals surface area contributed by atoms with Crippen LogP contribution in [0.15, 0.2) is 24.3 Å². The van der Waals surface area contributed by atoms with E-state index in [1.54, 1.807) is 6.07 Å². The Morgan fingerprint density at radius 1 is 1.24 bits per heavy atom. The molecule has 0 aliphatic carbocycles. The van der Waals surface area contributed by atoms with Gasteiger partial charge >= 0.3 is 6.18 Å². The fraction of sp³-hybridized carbons (Fsp3) is 0.632. The molecule has 1 N–H and O–H groups in total. The molecule has 0 radical (unpaired) electrons. The second-order valence-corrected chi connectivity index (χ2v) is 7.29. The smallest absolute Gasteiger partial charge is 0.353 e. The lowest BCUT2D eigenvalue weighted by molar-refractivity contribution is -0.137. The molecule has 6 heteroatoms. The van der Waals surface area contributed by atoms with Crippen molar-refractivity contribution < 1.29 is 18.0 Å². The predicted molar refractivity (Wildman–Crippen MR) is 91.9 cm³/mol. The summed E-state index contributed by atoms with van der Waals surface area (Å²) in [6.45, 7) is 8.09. The number of hydrogen-bond acceptors (Lipinski definition) is 2. The van der Waals surface area contributed by atoms with Crippen LogP contribution < -0.4 is 5.32 Å². The number of hydrogen-bond donors (Lipinski definition) is 1. The van der Waals surface area contributed by atoms with Gasteiger partial charge in [0.25, 0.3) is 0 Å². The molecule has 0 spiro atoms. The highest BCUT2D eigenvalue weighted by Gasteiger charge is 2.31. The molecule has 2 rings (SSSR count). The maximum atomic E-state index is 12.8. The fourth-order valence-corrected chi connectivity index (χ4v) is 2.97. The average Bonchev–Trinajstić information content (AvgIpc) is 2.54. The number of alkyl halides is 3. The van der Waals surface area contributed by atoms with Gasteiger partial charge in [-0.2, -0.15) is 13.2 Å². The van der Waals surface area contributed by atoms with Crippen LogP contribution >= 0.6 is 0 Å². The van der Waals surface area contributed by atoms with Gasteiger partial charge in [0.05, 0.1) is 5.56 Å². The number of rotatable bonds is 5. The van der Waals surface area contributed by atoms with E-state index in [1.807, 2.05) is 6.92 Å². The Morgan fingerprint density at radius 2 is 1.88 bits per heavy atom. The molecule has 1 saturated heterocycles. The minimum atomic E-state index is -4.31. The van der Waals surface area contributed by atoms with Gasteiger partial charge in [0, 0.05) is 18.5 Å². The Bertz CT molecular complexity index is 578. The molecule has 3 nitrogen and oxygen atoms in total. The number of piperidine rings is 1. The number of nitrogens with zero attached hydrogens (tertiary/aromatic N) is 1. The molecule has 0 unspecified atom stereocenters. The van der Waals surface area contributed by atoms with Gasteiger partial charge in [-0.25, -0.2) is 0 Å². The first-order valence-corrected chi connectivity index (χ1v) is 8.85. The van der Waals surface area contributed by atoms with Gasteiger partial charge in [-0.1, -0.05) is 32.0 Å². The van der Waals surface area contributed by atoms with Crippen LogP contribution in [0.25, 0.3) is 0 Å². The number of nitrogens with one attached hydrogen (secondary N) is 1. The predicted octanol–water partition coefficient (Wildman–Crippen LogP) is 4.08. The normalized spacial score (nSPS) is 18.4. The van der Waals surface area contributed by atoms with Crippen LogP contribution in [0, 0.1) is 11.8 Å². The van der Waals surface area contributed by atoms with E-state index >= 15 is 0 Å². The van der Waals surface area contributed by atoms with Crippen molar-refractivity contribution in [2.24, 2.45) is 11.8 Å². The second-order valence-electron chi connectivity index (χ2n) is 7.29. The molecule has 1 atom stereocenters. The molecule has 0 aromatic heterocycles. The fourth-order valence-electron chi connectivity index (χ4n) is 2.97. The van der Waals surface area contributed by atoms with Crippen molar-refractivity contribution >= 4 is 5.91 Å². The highest BCUT2D eigenvalue weighted by atomic mass is 19.4. The quantitative estimate of drug-likeness (QED) is 0.862. The number of benzene rings is 1. The minimum Gasteiger partial charge on any atom is -0.353 e. The average molecular weight is 356 g/mol. The molecule has 1 aromatic carbocycles. The number of likely N-dealkylation sites (tertiary alicyclic amines) is 1. The highest BCUT2D eigenvalue weighted by Crippen LogP contribution is 2.30. The van der Waals surface area contributed by atoms with Gasteiger partial charge in [-0.15, -0.1) is 0 Å². The standard InChI is InChI=1S/C19H27F3N2O/c1-13(2)14(3)23-18(25)16-7-9-24(10-8-16)12-15-5-4-6-17(11-15)19(20,21)22/h4-6,11,13-14,16H,7-10,12H2,1-3H3,(H,23,25)/t14-/m1/s1. The zero-order valence-electron chi connectivity index (χ0n) is 15.1. The van der Waals surface area contributed by atoms with Gasteiger partial charge < -0.3 is 5.32 Å². The summed E-state index contributed by atoms with van der Waals surface area (Å²) in [4.78, 5) is 14.4. The Hall–Kier alpha value is -1.56. The van der Waals surface area contributed by atoms with E-state index in [9.17, 15) is 18.0 Å². The molecule has 1 aliphatic heterocycles. The van der Waals surface area contributed by atoms with Crippen molar-refractivity contribution in [1.29, 1.82) is 0 Å². The monoisotopic (exact) mass is 356 g/mol. The third-order valence-corrected chi connectivity index (χ3v) is 4.99. The van der Waals surface area contributed by atoms with Gasteiger partial charge in [-0.3, -0.25) is 9.69 Å². The van der Waals surface area contributed by atoms with Crippen LogP contribution in [0.1, 0.15) is 44.7 Å². The summed E-state index contributed by atoms with van der Waals surface area (Å²) >= 11 is 0. The number of carbonyl (C=O) groups is 1. The summed E-state index contributed by atoms with van der Waals surface area (Å²) in [5, 5.41) is 3.06. The maximum Gasteiger partial charge on any atom is 0.416 e. The van der Waals surface area contributed by atoms with Crippen LogP contribution in [0.4, 0.5) is 13.2 Å². The number of halogens is 3. The summed E-state index contributed by atoms with van der Waals surface area (Å²) in [5.74, 6) is 0.490. The summed E-state index contributed by atoms with van der Waals surface area (Å²) < 4.78 is 38.4. The molecule has 25 heavy (non-hydrogen) atoms. The van der Waals surface area contributed by atoms with Gasteiger partial charge in [0.15, 0.2) is 0 Å². The van der Waals surface area contributed by atoms with Crippen molar-refractivity contribution in [1.82, 2.24) is 10.2 Å². The largest absolute Gasteiger partial charge is 0.416 e. The number of amides is 1. The molecule has 1 aromatic rings. The van der Waals surface area contributed by atoms with Crippen molar-refractivity contribution in [3.63, 3.8) is 0 Å². The third-order valence-electron chi connectivity index (χ3n) is 4.99. The van der Waals surface area contributed by atoms with Gasteiger partial charge in [0.2, 0.25) is 5.91 Å². The lowest BCUT2D eigenvalue weighted by Gasteiger charge is -2.32. The lowest BCUT2D eigenvalue weighted by atomic mass is 9.94. The molecule has 1 amide bonds. The van der Waals surface area contributed by atoms with E-state index in [0.29, 0.717) is 18.0 Å². The first-order valence-electron chi connectivity index (χ1n) is 8.85. The molecular formula is C19H27F3N2O. The van der Waals surface area contributed by atoms with E-state index in [-0.39, 0.29) is 17.9 Å². The summed E-state index contributed by atoms with van der Waals surface area (Å²) in [7, 11) is 0. The molecule has 1 heterocycles. The Morgan fingerprint density at radius 3 is 2.44 bits per heavy atom. The Balaban J connectivity index is 1.86. The highest BCUT2D eigenvalue weighted by molar-refractivity contribution is 5.79. The van der Waals surface area contributed by atoms with Crippen LogP contribution in [-0.2, 0) is 17.5 Å². The topological polar surface area (TPSA) is 32.3 Å². The lowest BCUT2D eigenvalue weighted by Crippen LogP contribution is -2.44. The number of carbonyl (C=O) groups excluding carboxylic acids is 1. The van der Waals surface area contributed by atoms with Crippen molar-refractivity contribution in [2.75, 3.05) is 13.1 Å². The third kappa shape index (κ3) is 5.73. The van der Waals surface area contributed by atoms with E-state index in [1.165, 1.54) is 12.1 Å². The zero-order chi connectivity index (χ0) is 18.6. The molecule has 1 aliphatic rings. The molecule has 0 saturated carbocycles. The molecular weight excluding hydrogens is 329 g/mol. The van der Waals surface area contributed by atoms with Crippen LogP contribution in [0.3, 0.4) is 0 Å². The minimum absolute atomic E-state index is 0.000963. The zero-order valence-corrected chi connectivity index (χ0v) is 15.1. The SMILES string of the molecule is CC(C)[C@@H](C)NC(=O)C1CCN(Cc2cccc(C(F)(F)F)c2)CC1. The van der Waals surface area contributed by atoms with E-state index in [4.69, 9.17) is 0 Å². The summed E-state index contributed by atoms with van der Waals surface area (Å²) in [5.41, 5.74) is 0.0492.